The van der Waals surface area contributed by atoms with Crippen molar-refractivity contribution in [1.29, 1.82) is 0 Å². The predicted molar refractivity (Wildman–Crippen MR) is 275 cm³/mol. The summed E-state index contributed by atoms with van der Waals surface area (Å²) in [5.74, 6) is 4.25. The van der Waals surface area contributed by atoms with Gasteiger partial charge in [0.25, 0.3) is 12.3 Å². The number of hydrogen-bond acceptors (Lipinski definition) is 14. The second-order valence-corrected chi connectivity index (χ2v) is 23.0. The van der Waals surface area contributed by atoms with Gasteiger partial charge in [0.2, 0.25) is 11.8 Å². The van der Waals surface area contributed by atoms with Gasteiger partial charge >= 0.3 is 5.97 Å². The number of nitrogens with one attached hydrogen (secondary N) is 2. The summed E-state index contributed by atoms with van der Waals surface area (Å²) in [4.78, 5) is 67.9. The van der Waals surface area contributed by atoms with E-state index in [9.17, 15) is 28.0 Å². The summed E-state index contributed by atoms with van der Waals surface area (Å²) in [5.41, 5.74) is 7.23. The van der Waals surface area contributed by atoms with Crippen molar-refractivity contribution in [2.45, 2.75) is 129 Å². The molecule has 4 saturated heterocycles. The van der Waals surface area contributed by atoms with Crippen molar-refractivity contribution < 1.29 is 56.4 Å². The van der Waals surface area contributed by atoms with Crippen LogP contribution >= 0.6 is 11.3 Å². The number of pyridine rings is 1. The summed E-state index contributed by atoms with van der Waals surface area (Å²) in [6, 6.07) is 5.23. The normalized spacial score (nSPS) is 25.3. The van der Waals surface area contributed by atoms with Crippen molar-refractivity contribution in [3.63, 3.8) is 0 Å². The number of rotatable bonds is 13. The molecule has 8 bridgehead atoms. The van der Waals surface area contributed by atoms with Gasteiger partial charge in [-0.1, -0.05) is 38.7 Å². The Morgan fingerprint density at radius 1 is 1.12 bits per heavy atom. The highest BCUT2D eigenvalue weighted by Crippen LogP contribution is 2.44. The third-order valence-corrected chi connectivity index (χ3v) is 15.9. The molecule has 0 radical (unpaired) electrons. The fourth-order valence-corrected chi connectivity index (χ4v) is 11.6. The van der Waals surface area contributed by atoms with Crippen molar-refractivity contribution in [2.75, 3.05) is 60.8 Å². The lowest BCUT2D eigenvalue weighted by atomic mass is 9.73. The summed E-state index contributed by atoms with van der Waals surface area (Å²) >= 11 is 1.13. The number of alkyl halides is 2. The molecular weight excluding hydrogens is 989 g/mol. The zero-order chi connectivity index (χ0) is 53.5. The van der Waals surface area contributed by atoms with Gasteiger partial charge in [-0.3, -0.25) is 29.2 Å². The number of carbonyl (C=O) groups is 4. The Labute approximate surface area is 440 Å². The van der Waals surface area contributed by atoms with Crippen molar-refractivity contribution in [3.05, 3.63) is 57.7 Å². The maximum atomic E-state index is 14.9. The lowest BCUT2D eigenvalue weighted by Crippen LogP contribution is -2.72. The summed E-state index contributed by atoms with van der Waals surface area (Å²) < 4.78 is 66.5. The number of thiazole rings is 1. The number of methoxy groups -OCH3 is 1. The van der Waals surface area contributed by atoms with Crippen LogP contribution in [0.2, 0.25) is 0 Å². The first-order valence-corrected chi connectivity index (χ1v) is 26.8. The lowest BCUT2D eigenvalue weighted by molar-refractivity contribution is -0.175. The van der Waals surface area contributed by atoms with Gasteiger partial charge in [-0.25, -0.2) is 19.2 Å². The first kappa shape index (κ1) is 54.4. The maximum Gasteiger partial charge on any atom is 0.325 e. The van der Waals surface area contributed by atoms with E-state index in [0.717, 1.165) is 51.9 Å². The van der Waals surface area contributed by atoms with Gasteiger partial charge in [-0.15, -0.1) is 11.3 Å². The van der Waals surface area contributed by atoms with Crippen molar-refractivity contribution >= 4 is 45.9 Å². The molecule has 4 aromatic rings. The zero-order valence-corrected chi connectivity index (χ0v) is 45.0. The molecule has 2 N–H and O–H groups in total. The molecule has 1 saturated carbocycles. The third-order valence-electron chi connectivity index (χ3n) is 15.0. The smallest absolute Gasteiger partial charge is 0.325 e. The second-order valence-electron chi connectivity index (χ2n) is 22.1. The van der Waals surface area contributed by atoms with E-state index in [2.05, 4.69) is 27.2 Å². The van der Waals surface area contributed by atoms with E-state index < -0.39 is 72.0 Å². The van der Waals surface area contributed by atoms with Gasteiger partial charge in [0, 0.05) is 97.5 Å². The summed E-state index contributed by atoms with van der Waals surface area (Å²) in [5, 5.41) is 6.99. The van der Waals surface area contributed by atoms with E-state index in [1.165, 1.54) is 9.91 Å². The van der Waals surface area contributed by atoms with Crippen LogP contribution in [0.25, 0.3) is 33.4 Å². The number of fused-ring (bicyclic) bond motifs is 4. The summed E-state index contributed by atoms with van der Waals surface area (Å²) in [6.45, 7) is 12.8. The number of nitrogens with zero attached hydrogens (tertiary/aromatic N) is 5. The number of hydrogen-bond donors (Lipinski definition) is 2. The number of aromatic nitrogens is 3. The number of halogens is 2. The molecule has 5 aliphatic heterocycles. The van der Waals surface area contributed by atoms with Crippen molar-refractivity contribution in [1.82, 2.24) is 35.2 Å². The number of carbonyl (C=O) groups excluding carboxylic acids is 4. The van der Waals surface area contributed by atoms with Crippen molar-refractivity contribution in [3.8, 4) is 34.4 Å². The minimum atomic E-state index is -2.90. The van der Waals surface area contributed by atoms with Crippen LogP contribution in [0.1, 0.15) is 101 Å². The molecule has 3 aromatic heterocycles. The molecule has 75 heavy (non-hydrogen) atoms. The van der Waals surface area contributed by atoms with Gasteiger partial charge in [0.1, 0.15) is 41.3 Å². The first-order chi connectivity index (χ1) is 35.7. The number of benzene rings is 1. The Kier molecular flexibility index (Phi) is 16.2. The molecule has 17 nitrogen and oxygen atoms in total. The topological polar surface area (TPSA) is 185 Å². The highest BCUT2D eigenvalue weighted by Gasteiger charge is 2.53. The van der Waals surface area contributed by atoms with Crippen LogP contribution in [-0.4, -0.2) is 146 Å². The fraction of sp³-hybridized carbons (Fsp3) is 0.600. The third kappa shape index (κ3) is 11.5. The van der Waals surface area contributed by atoms with Gasteiger partial charge in [0.15, 0.2) is 0 Å². The van der Waals surface area contributed by atoms with E-state index in [0.29, 0.717) is 74.7 Å². The molecule has 0 spiro atoms. The summed E-state index contributed by atoms with van der Waals surface area (Å²) in [6.07, 6.45) is -1.03. The maximum absolute atomic E-state index is 14.9. The van der Waals surface area contributed by atoms with Gasteiger partial charge in [0.05, 0.1) is 49.1 Å². The van der Waals surface area contributed by atoms with Gasteiger partial charge < -0.3 is 43.2 Å². The van der Waals surface area contributed by atoms with Crippen LogP contribution in [-0.2, 0) is 60.6 Å². The largest absolute Gasteiger partial charge is 0.464 e. The minimum Gasteiger partial charge on any atom is -0.464 e. The van der Waals surface area contributed by atoms with E-state index in [1.807, 2.05) is 52.0 Å². The standard InChI is InChI=1S/C55H69F2N7O10S/c1-30-26-72-47(30)49(65)60-45-48(73-27-42(56)57)50-59-40(28-75-50)33-10-11-41-37(23-33)39(24-54(3,4)29-74-52(67)44-34-21-35(22-34)64(61-44)51(45)66)46(63(41)16-19-71-36-13-17-70-18-14-36)38-20-32(25-58-43(38)31(2)69-9)12-15-55(5,6)53(68)62(7)8/h10-11,20,23,25,28,30-31,34-36,42,44-45,47-48,61H,13-14,16-19,21-22,24,26-27,29H2,1-9H3,(H,60,65)/t30-,31-,34?,35?,44-,45-,47-,48-/m0/s1. The highest BCUT2D eigenvalue weighted by molar-refractivity contribution is 7.10. The molecule has 8 heterocycles. The number of esters is 1. The van der Waals surface area contributed by atoms with Crippen LogP contribution in [0.3, 0.4) is 0 Å². The molecule has 404 valence electrons. The molecular formula is C55H69F2N7O10S. The monoisotopic (exact) mass is 1060 g/mol. The SMILES string of the molecule is CO[C@@H](C)c1ncc(C#CC(C)(C)C(=O)N(C)C)cc1-c1c2c3cc(ccc3n1CCOC1CCOCC1)-c1csc(n1)[C@@H](OCC(F)F)[C@H](NC(=O)[C@H]1OC[C@@H]1C)C(=O)N1N[C@H](C(=O)OCC(C)(C)C2)C2CC1C2. The minimum absolute atomic E-state index is 0.00407. The molecule has 1 aliphatic carbocycles. The highest BCUT2D eigenvalue weighted by atomic mass is 32.1. The summed E-state index contributed by atoms with van der Waals surface area (Å²) in [7, 11) is 5.04. The van der Waals surface area contributed by atoms with E-state index in [4.69, 9.17) is 38.4 Å². The molecule has 10 rings (SSSR count). The first-order valence-electron chi connectivity index (χ1n) is 25.9. The van der Waals surface area contributed by atoms with E-state index in [-0.39, 0.29) is 41.5 Å². The number of ether oxygens (including phenoxy) is 6. The quantitative estimate of drug-likeness (QED) is 0.107. The molecule has 5 fully saturated rings. The van der Waals surface area contributed by atoms with Crippen LogP contribution in [0.4, 0.5) is 8.78 Å². The van der Waals surface area contributed by atoms with Gasteiger partial charge in [-0.2, -0.15) is 0 Å². The predicted octanol–water partition coefficient (Wildman–Crippen LogP) is 6.66. The Hall–Kier alpha value is -5.40. The average Bonchev–Trinajstić information content (AvgIpc) is 3.98. The zero-order valence-electron chi connectivity index (χ0n) is 44.2. The van der Waals surface area contributed by atoms with Crippen LogP contribution in [0, 0.1) is 34.5 Å². The Balaban J connectivity index is 1.23. The van der Waals surface area contributed by atoms with Crippen LogP contribution < -0.4 is 10.7 Å². The Morgan fingerprint density at radius 2 is 1.88 bits per heavy atom. The lowest BCUT2D eigenvalue weighted by Gasteiger charge is -2.53. The van der Waals surface area contributed by atoms with Crippen LogP contribution in [0.15, 0.2) is 35.8 Å². The van der Waals surface area contributed by atoms with E-state index >= 15 is 0 Å². The number of hydrazine groups is 1. The van der Waals surface area contributed by atoms with Crippen LogP contribution in [0.5, 0.6) is 0 Å². The van der Waals surface area contributed by atoms with E-state index in [1.54, 1.807) is 46.6 Å². The fourth-order valence-electron chi connectivity index (χ4n) is 10.7. The van der Waals surface area contributed by atoms with Gasteiger partial charge in [-0.05, 0) is 82.6 Å². The molecule has 1 aromatic carbocycles. The van der Waals surface area contributed by atoms with Crippen molar-refractivity contribution in [2.24, 2.45) is 22.7 Å². The second kappa shape index (κ2) is 22.3. The number of amides is 3. The Bertz CT molecular complexity index is 2850. The molecule has 3 amide bonds. The number of cyclic esters (lactones) is 1. The molecule has 6 atom stereocenters. The Morgan fingerprint density at radius 3 is 2.56 bits per heavy atom. The average molecular weight is 1060 g/mol. The molecule has 0 unspecified atom stereocenters. The molecule has 20 heteroatoms. The molecule has 6 aliphatic rings.